The van der Waals surface area contributed by atoms with Crippen LogP contribution in [0.3, 0.4) is 0 Å². The Morgan fingerprint density at radius 2 is 2.16 bits per heavy atom. The van der Waals surface area contributed by atoms with Gasteiger partial charge in [-0.1, -0.05) is 18.2 Å². The molecule has 1 aliphatic heterocycles. The van der Waals surface area contributed by atoms with Crippen LogP contribution < -0.4 is 10.6 Å². The van der Waals surface area contributed by atoms with Gasteiger partial charge in [0, 0.05) is 12.6 Å². The molecule has 0 radical (unpaired) electrons. The van der Waals surface area contributed by atoms with Crippen LogP contribution in [0, 0.1) is 0 Å². The predicted octanol–water partition coefficient (Wildman–Crippen LogP) is 1.11. The number of aliphatic imine (C=N–C) groups is 1. The molecule has 6 heteroatoms. The molecule has 1 aromatic heterocycles. The number of carbonyl (C=O) groups excluding carboxylic acids is 1. The molecule has 96 valence electrons. The Morgan fingerprint density at radius 3 is 2.95 bits per heavy atom. The number of aryl methyl sites for hydroxylation is 1. The molecule has 1 aromatic carbocycles. The Labute approximate surface area is 110 Å². The van der Waals surface area contributed by atoms with E-state index in [0.717, 1.165) is 5.82 Å². The summed E-state index contributed by atoms with van der Waals surface area (Å²) in [6, 6.07) is 9.07. The molecule has 2 heterocycles. The fourth-order valence-corrected chi connectivity index (χ4v) is 1.97. The van der Waals surface area contributed by atoms with Crippen LogP contribution >= 0.6 is 0 Å². The normalized spacial score (nSPS) is 16.6. The summed E-state index contributed by atoms with van der Waals surface area (Å²) in [5, 5.41) is 5.88. The molecule has 0 bridgehead atoms. The largest absolute Gasteiger partial charge is 0.351 e. The first kappa shape index (κ1) is 11.5. The number of imidazole rings is 1. The van der Waals surface area contributed by atoms with E-state index in [0.29, 0.717) is 11.3 Å². The molecule has 1 unspecified atom stereocenters. The topological polar surface area (TPSA) is 71.3 Å². The molecule has 3 rings (SSSR count). The minimum Gasteiger partial charge on any atom is -0.351 e. The van der Waals surface area contributed by atoms with E-state index in [1.54, 1.807) is 24.8 Å². The van der Waals surface area contributed by atoms with Crippen LogP contribution in [0.2, 0.25) is 0 Å². The SMILES string of the molecule is Cn1cnc2c1N=CNC2NC(=O)c1ccccc1. The zero-order chi connectivity index (χ0) is 13.2. The van der Waals surface area contributed by atoms with Gasteiger partial charge in [-0.15, -0.1) is 0 Å². The molecule has 1 aliphatic rings. The lowest BCUT2D eigenvalue weighted by Crippen LogP contribution is -2.39. The highest BCUT2D eigenvalue weighted by Crippen LogP contribution is 2.24. The summed E-state index contributed by atoms with van der Waals surface area (Å²) >= 11 is 0. The smallest absolute Gasteiger partial charge is 0.253 e. The highest BCUT2D eigenvalue weighted by Gasteiger charge is 2.23. The minimum atomic E-state index is -0.360. The van der Waals surface area contributed by atoms with E-state index in [9.17, 15) is 4.79 Å². The van der Waals surface area contributed by atoms with Gasteiger partial charge in [-0.2, -0.15) is 0 Å². The van der Waals surface area contributed by atoms with E-state index in [1.165, 1.54) is 0 Å². The summed E-state index contributed by atoms with van der Waals surface area (Å²) in [7, 11) is 1.87. The maximum atomic E-state index is 12.1. The van der Waals surface area contributed by atoms with E-state index in [2.05, 4.69) is 20.6 Å². The molecule has 1 amide bonds. The standard InChI is InChI=1S/C13H13N5O/c1-18-8-16-10-11(14-7-15-12(10)18)17-13(19)9-5-3-2-4-6-9/h2-8,11H,1H3,(H,14,15)(H,17,19). The fourth-order valence-electron chi connectivity index (χ4n) is 1.97. The summed E-state index contributed by atoms with van der Waals surface area (Å²) in [6.45, 7) is 0. The summed E-state index contributed by atoms with van der Waals surface area (Å²) in [4.78, 5) is 20.6. The molecule has 2 N–H and O–H groups in total. The lowest BCUT2D eigenvalue weighted by molar-refractivity contribution is 0.0933. The first-order chi connectivity index (χ1) is 9.25. The van der Waals surface area contributed by atoms with E-state index < -0.39 is 0 Å². The third-order valence-electron chi connectivity index (χ3n) is 2.95. The van der Waals surface area contributed by atoms with E-state index in [-0.39, 0.29) is 12.1 Å². The second-order valence-corrected chi connectivity index (χ2v) is 4.26. The van der Waals surface area contributed by atoms with Crippen molar-refractivity contribution in [2.45, 2.75) is 6.17 Å². The second kappa shape index (κ2) is 4.56. The van der Waals surface area contributed by atoms with Crippen molar-refractivity contribution < 1.29 is 4.79 Å². The van der Waals surface area contributed by atoms with Crippen molar-refractivity contribution in [3.8, 4) is 0 Å². The average Bonchev–Trinajstić information content (AvgIpc) is 2.83. The number of nitrogens with one attached hydrogen (secondary N) is 2. The van der Waals surface area contributed by atoms with E-state index in [1.807, 2.05) is 29.8 Å². The van der Waals surface area contributed by atoms with Crippen molar-refractivity contribution in [1.82, 2.24) is 20.2 Å². The van der Waals surface area contributed by atoms with Crippen molar-refractivity contribution in [1.29, 1.82) is 0 Å². The van der Waals surface area contributed by atoms with E-state index >= 15 is 0 Å². The third kappa shape index (κ3) is 2.08. The zero-order valence-electron chi connectivity index (χ0n) is 10.4. The predicted molar refractivity (Wildman–Crippen MR) is 71.1 cm³/mol. The molecular formula is C13H13N5O. The number of hydrogen-bond acceptors (Lipinski definition) is 4. The highest BCUT2D eigenvalue weighted by molar-refractivity contribution is 5.94. The van der Waals surface area contributed by atoms with Gasteiger partial charge >= 0.3 is 0 Å². The Kier molecular flexibility index (Phi) is 2.75. The molecular weight excluding hydrogens is 242 g/mol. The van der Waals surface area contributed by atoms with Gasteiger partial charge in [-0.25, -0.2) is 9.98 Å². The summed E-state index contributed by atoms with van der Waals surface area (Å²) in [5.41, 5.74) is 1.33. The van der Waals surface area contributed by atoms with Crippen LogP contribution in [-0.2, 0) is 7.05 Å². The maximum Gasteiger partial charge on any atom is 0.253 e. The first-order valence-electron chi connectivity index (χ1n) is 5.91. The lowest BCUT2D eigenvalue weighted by Gasteiger charge is -2.20. The van der Waals surface area contributed by atoms with Crippen LogP contribution in [0.5, 0.6) is 0 Å². The number of nitrogens with zero attached hydrogens (tertiary/aromatic N) is 3. The summed E-state index contributed by atoms with van der Waals surface area (Å²) in [5.74, 6) is 0.599. The van der Waals surface area contributed by atoms with Crippen molar-refractivity contribution >= 4 is 18.1 Å². The van der Waals surface area contributed by atoms with Crippen LogP contribution in [0.25, 0.3) is 0 Å². The van der Waals surface area contributed by atoms with Gasteiger partial charge in [0.1, 0.15) is 11.9 Å². The van der Waals surface area contributed by atoms with Crippen LogP contribution in [0.15, 0.2) is 41.7 Å². The van der Waals surface area contributed by atoms with Crippen molar-refractivity contribution in [2.75, 3.05) is 0 Å². The van der Waals surface area contributed by atoms with Crippen LogP contribution in [0.1, 0.15) is 22.2 Å². The molecule has 0 fully saturated rings. The van der Waals surface area contributed by atoms with Gasteiger partial charge < -0.3 is 15.2 Å². The number of fused-ring (bicyclic) bond motifs is 1. The monoisotopic (exact) mass is 255 g/mol. The minimum absolute atomic E-state index is 0.148. The number of benzene rings is 1. The van der Waals surface area contributed by atoms with E-state index in [4.69, 9.17) is 0 Å². The average molecular weight is 255 g/mol. The molecule has 0 spiro atoms. The lowest BCUT2D eigenvalue weighted by atomic mass is 10.2. The number of carbonyl (C=O) groups is 1. The molecule has 1 atom stereocenters. The third-order valence-corrected chi connectivity index (χ3v) is 2.95. The van der Waals surface area contributed by atoms with Crippen LogP contribution in [-0.4, -0.2) is 21.8 Å². The van der Waals surface area contributed by atoms with Crippen molar-refractivity contribution in [3.05, 3.63) is 47.9 Å². The number of amides is 1. The Morgan fingerprint density at radius 1 is 1.37 bits per heavy atom. The molecule has 0 saturated carbocycles. The van der Waals surface area contributed by atoms with Crippen LogP contribution in [0.4, 0.5) is 5.82 Å². The molecule has 0 aliphatic carbocycles. The Balaban J connectivity index is 1.82. The number of hydrogen-bond donors (Lipinski definition) is 2. The Hall–Kier alpha value is -2.63. The van der Waals surface area contributed by atoms with Gasteiger partial charge in [0.15, 0.2) is 5.82 Å². The molecule has 6 nitrogen and oxygen atoms in total. The summed E-state index contributed by atoms with van der Waals surface area (Å²) < 4.78 is 1.81. The zero-order valence-corrected chi connectivity index (χ0v) is 10.4. The first-order valence-corrected chi connectivity index (χ1v) is 5.91. The van der Waals surface area contributed by atoms with Gasteiger partial charge in [-0.05, 0) is 12.1 Å². The Bertz CT molecular complexity index is 632. The molecule has 0 saturated heterocycles. The molecule has 2 aromatic rings. The van der Waals surface area contributed by atoms with Crippen molar-refractivity contribution in [2.24, 2.45) is 12.0 Å². The number of aromatic nitrogens is 2. The summed E-state index contributed by atoms with van der Waals surface area (Å²) in [6.07, 6.45) is 2.89. The maximum absolute atomic E-state index is 12.1. The quantitative estimate of drug-likeness (QED) is 0.844. The fraction of sp³-hybridized carbons (Fsp3) is 0.154. The highest BCUT2D eigenvalue weighted by atomic mass is 16.1. The van der Waals surface area contributed by atoms with Gasteiger partial charge in [0.25, 0.3) is 5.91 Å². The second-order valence-electron chi connectivity index (χ2n) is 4.26. The number of rotatable bonds is 2. The molecule has 19 heavy (non-hydrogen) atoms. The van der Waals surface area contributed by atoms with Gasteiger partial charge in [0.2, 0.25) is 0 Å². The van der Waals surface area contributed by atoms with Gasteiger partial charge in [0.05, 0.1) is 12.7 Å². The van der Waals surface area contributed by atoms with Crippen molar-refractivity contribution in [3.63, 3.8) is 0 Å². The van der Waals surface area contributed by atoms with Gasteiger partial charge in [-0.3, -0.25) is 4.79 Å².